The Morgan fingerprint density at radius 1 is 1.05 bits per heavy atom. The first kappa shape index (κ1) is 14.1. The van der Waals surface area contributed by atoms with E-state index in [1.807, 2.05) is 30.3 Å². The topological polar surface area (TPSA) is 24.1 Å². The summed E-state index contributed by atoms with van der Waals surface area (Å²) in [6.07, 6.45) is 0. The largest absolute Gasteiger partial charge is 0.358 e. The van der Waals surface area contributed by atoms with Gasteiger partial charge in [0.2, 0.25) is 0 Å². The highest BCUT2D eigenvalue weighted by Gasteiger charge is 2.03. The molecule has 0 heterocycles. The van der Waals surface area contributed by atoms with E-state index in [9.17, 15) is 0 Å². The van der Waals surface area contributed by atoms with Crippen molar-refractivity contribution in [2.45, 2.75) is 6.54 Å². The van der Waals surface area contributed by atoms with Gasteiger partial charge in [-0.05, 0) is 36.0 Å². The molecule has 0 bridgehead atoms. The molecule has 2 nitrogen and oxygen atoms in total. The summed E-state index contributed by atoms with van der Waals surface area (Å²) in [4.78, 5) is 0. The van der Waals surface area contributed by atoms with Crippen molar-refractivity contribution >= 4 is 46.2 Å². The molecule has 0 aliphatic carbocycles. The molecule has 0 aliphatic rings. The predicted molar refractivity (Wildman–Crippen MR) is 86.0 cm³/mol. The molecule has 0 amide bonds. The first-order valence-electron chi connectivity index (χ1n) is 5.69. The number of nitrogens with one attached hydrogen (secondary N) is 2. The Morgan fingerprint density at radius 3 is 2.53 bits per heavy atom. The Labute approximate surface area is 127 Å². The first-order chi connectivity index (χ1) is 9.15. The zero-order chi connectivity index (χ0) is 13.7. The molecular weight excluding hydrogens is 299 g/mol. The third kappa shape index (κ3) is 4.39. The van der Waals surface area contributed by atoms with Crippen LogP contribution in [0.5, 0.6) is 0 Å². The van der Waals surface area contributed by atoms with Gasteiger partial charge in [-0.15, -0.1) is 0 Å². The Kier molecular flexibility index (Phi) is 5.02. The Hall–Kier alpha value is -1.29. The molecule has 2 aromatic carbocycles. The van der Waals surface area contributed by atoms with Crippen molar-refractivity contribution in [3.63, 3.8) is 0 Å². The van der Waals surface area contributed by atoms with Gasteiger partial charge in [0.25, 0.3) is 0 Å². The zero-order valence-corrected chi connectivity index (χ0v) is 12.3. The lowest BCUT2D eigenvalue weighted by atomic mass is 10.2. The average Bonchev–Trinajstić information content (AvgIpc) is 2.42. The minimum Gasteiger partial charge on any atom is -0.358 e. The van der Waals surface area contributed by atoms with Crippen molar-refractivity contribution in [2.24, 2.45) is 0 Å². The van der Waals surface area contributed by atoms with Gasteiger partial charge >= 0.3 is 0 Å². The van der Waals surface area contributed by atoms with Crippen molar-refractivity contribution in [1.29, 1.82) is 0 Å². The van der Waals surface area contributed by atoms with E-state index < -0.39 is 0 Å². The number of hydrogen-bond donors (Lipinski definition) is 2. The van der Waals surface area contributed by atoms with Gasteiger partial charge in [0.05, 0.1) is 10.7 Å². The van der Waals surface area contributed by atoms with E-state index in [2.05, 4.69) is 10.6 Å². The maximum atomic E-state index is 6.05. The average molecular weight is 311 g/mol. The fraction of sp³-hybridized carbons (Fsp3) is 0.0714. The molecule has 98 valence electrons. The fourth-order valence-corrected chi connectivity index (χ4v) is 2.06. The number of thiocarbonyl (C=S) groups is 1. The summed E-state index contributed by atoms with van der Waals surface area (Å²) in [5, 5.41) is 7.83. The van der Waals surface area contributed by atoms with Crippen LogP contribution in [0.3, 0.4) is 0 Å². The van der Waals surface area contributed by atoms with Gasteiger partial charge in [-0.2, -0.15) is 0 Å². The lowest BCUT2D eigenvalue weighted by Gasteiger charge is -2.12. The van der Waals surface area contributed by atoms with Gasteiger partial charge in [0.15, 0.2) is 5.11 Å². The van der Waals surface area contributed by atoms with Gasteiger partial charge < -0.3 is 10.6 Å². The van der Waals surface area contributed by atoms with Crippen LogP contribution in [-0.2, 0) is 6.54 Å². The molecule has 0 atom stereocenters. The minimum absolute atomic E-state index is 0.507. The van der Waals surface area contributed by atoms with Crippen molar-refractivity contribution < 1.29 is 0 Å². The molecule has 0 aromatic heterocycles. The molecule has 0 aliphatic heterocycles. The maximum absolute atomic E-state index is 6.05. The Morgan fingerprint density at radius 2 is 1.79 bits per heavy atom. The monoisotopic (exact) mass is 310 g/mol. The van der Waals surface area contributed by atoms with Gasteiger partial charge in [-0.25, -0.2) is 0 Å². The van der Waals surface area contributed by atoms with Crippen LogP contribution in [-0.4, -0.2) is 5.11 Å². The Bertz CT molecular complexity index is 573. The SMILES string of the molecule is S=C(NCc1ccccc1)Nc1cc(Cl)ccc1Cl. The van der Waals surface area contributed by atoms with Crippen molar-refractivity contribution in [3.05, 3.63) is 64.1 Å². The molecule has 5 heteroatoms. The molecule has 0 fully saturated rings. The highest BCUT2D eigenvalue weighted by molar-refractivity contribution is 7.80. The van der Waals surface area contributed by atoms with Gasteiger partial charge in [-0.1, -0.05) is 53.5 Å². The fourth-order valence-electron chi connectivity index (χ4n) is 1.54. The summed E-state index contributed by atoms with van der Waals surface area (Å²) in [7, 11) is 0. The van der Waals surface area contributed by atoms with Crippen LogP contribution in [0, 0.1) is 0 Å². The zero-order valence-electron chi connectivity index (χ0n) is 9.99. The molecule has 0 unspecified atom stereocenters. The molecule has 0 saturated heterocycles. The molecule has 2 rings (SSSR count). The van der Waals surface area contributed by atoms with Crippen LogP contribution in [0.15, 0.2) is 48.5 Å². The van der Waals surface area contributed by atoms with Crippen LogP contribution in [0.25, 0.3) is 0 Å². The number of benzene rings is 2. The summed E-state index contributed by atoms with van der Waals surface area (Å²) < 4.78 is 0. The molecule has 2 aromatic rings. The normalized spacial score (nSPS) is 10.0. The third-order valence-corrected chi connectivity index (χ3v) is 3.28. The van der Waals surface area contributed by atoms with Crippen molar-refractivity contribution in [1.82, 2.24) is 5.32 Å². The van der Waals surface area contributed by atoms with E-state index in [-0.39, 0.29) is 0 Å². The highest BCUT2D eigenvalue weighted by atomic mass is 35.5. The summed E-state index contributed by atoms with van der Waals surface area (Å²) >= 11 is 17.2. The summed E-state index contributed by atoms with van der Waals surface area (Å²) in [6, 6.07) is 15.2. The smallest absolute Gasteiger partial charge is 0.171 e. The summed E-state index contributed by atoms with van der Waals surface area (Å²) in [6.45, 7) is 0.658. The Balaban J connectivity index is 1.93. The maximum Gasteiger partial charge on any atom is 0.171 e. The summed E-state index contributed by atoms with van der Waals surface area (Å²) in [5.41, 5.74) is 1.85. The van der Waals surface area contributed by atoms with Crippen LogP contribution < -0.4 is 10.6 Å². The quantitative estimate of drug-likeness (QED) is 0.817. The predicted octanol–water partition coefficient (Wildman–Crippen LogP) is 4.48. The van der Waals surface area contributed by atoms with E-state index in [4.69, 9.17) is 35.4 Å². The standard InChI is InChI=1S/C14H12Cl2N2S/c15-11-6-7-12(16)13(8-11)18-14(19)17-9-10-4-2-1-3-5-10/h1-8H,9H2,(H2,17,18,19). The number of hydrogen-bond acceptors (Lipinski definition) is 1. The highest BCUT2D eigenvalue weighted by Crippen LogP contribution is 2.25. The minimum atomic E-state index is 0.507. The van der Waals surface area contributed by atoms with E-state index in [0.717, 1.165) is 5.56 Å². The second kappa shape index (κ2) is 6.75. The second-order valence-electron chi connectivity index (χ2n) is 3.92. The second-order valence-corrected chi connectivity index (χ2v) is 5.17. The number of rotatable bonds is 3. The molecular formula is C14H12Cl2N2S. The molecule has 0 spiro atoms. The number of anilines is 1. The van der Waals surface area contributed by atoms with E-state index in [1.54, 1.807) is 18.2 Å². The molecule has 0 radical (unpaired) electrons. The van der Waals surface area contributed by atoms with Gasteiger partial charge in [-0.3, -0.25) is 0 Å². The van der Waals surface area contributed by atoms with E-state index >= 15 is 0 Å². The van der Waals surface area contributed by atoms with Crippen LogP contribution in [0.2, 0.25) is 10.0 Å². The van der Waals surface area contributed by atoms with Gasteiger partial charge in [0, 0.05) is 11.6 Å². The molecule has 0 saturated carbocycles. The van der Waals surface area contributed by atoms with Gasteiger partial charge in [0.1, 0.15) is 0 Å². The molecule has 2 N–H and O–H groups in total. The lowest BCUT2D eigenvalue weighted by molar-refractivity contribution is 0.926. The van der Waals surface area contributed by atoms with Crippen molar-refractivity contribution in [2.75, 3.05) is 5.32 Å². The third-order valence-electron chi connectivity index (χ3n) is 2.47. The summed E-state index contributed by atoms with van der Waals surface area (Å²) in [5.74, 6) is 0. The van der Waals surface area contributed by atoms with E-state index in [1.165, 1.54) is 0 Å². The van der Waals surface area contributed by atoms with Crippen LogP contribution in [0.1, 0.15) is 5.56 Å². The van der Waals surface area contributed by atoms with Crippen LogP contribution >= 0.6 is 35.4 Å². The first-order valence-corrected chi connectivity index (χ1v) is 6.85. The number of halogens is 2. The molecule has 19 heavy (non-hydrogen) atoms. The lowest BCUT2D eigenvalue weighted by Crippen LogP contribution is -2.27. The van der Waals surface area contributed by atoms with Crippen molar-refractivity contribution in [3.8, 4) is 0 Å². The van der Waals surface area contributed by atoms with E-state index in [0.29, 0.717) is 27.4 Å². The van der Waals surface area contributed by atoms with Crippen LogP contribution in [0.4, 0.5) is 5.69 Å².